The standard InChI is InChI=1S/C11H16BN2O3S/c1-13-5-7-14(8-6-13)18(16,17)11-4-2-3-10(9-11)12-15/h2-4,9,15H,5-8H2,1H3. The average Bonchev–Trinajstić information content (AvgIpc) is 2.39. The van der Waals surface area contributed by atoms with Crippen LogP contribution >= 0.6 is 0 Å². The third-order valence-corrected chi connectivity index (χ3v) is 5.00. The van der Waals surface area contributed by atoms with Crippen LogP contribution in [-0.4, -0.2) is 63.4 Å². The molecule has 0 aromatic heterocycles. The maximum Gasteiger partial charge on any atom is 0.326 e. The van der Waals surface area contributed by atoms with Gasteiger partial charge in [0.2, 0.25) is 10.0 Å². The van der Waals surface area contributed by atoms with Crippen molar-refractivity contribution in [2.45, 2.75) is 4.90 Å². The summed E-state index contributed by atoms with van der Waals surface area (Å²) in [4.78, 5) is 2.33. The quantitative estimate of drug-likeness (QED) is 0.703. The zero-order valence-electron chi connectivity index (χ0n) is 10.3. The molecular formula is C11H16BN2O3S. The first-order chi connectivity index (χ1) is 8.54. The minimum Gasteiger partial charge on any atom is -0.450 e. The van der Waals surface area contributed by atoms with Gasteiger partial charge in [0.05, 0.1) is 4.90 Å². The van der Waals surface area contributed by atoms with Crippen molar-refractivity contribution < 1.29 is 13.4 Å². The third-order valence-electron chi connectivity index (χ3n) is 3.11. The second-order valence-electron chi connectivity index (χ2n) is 4.41. The summed E-state index contributed by atoms with van der Waals surface area (Å²) in [5.74, 6) is 0. The summed E-state index contributed by atoms with van der Waals surface area (Å²) in [5, 5.41) is 8.93. The lowest BCUT2D eigenvalue weighted by atomic mass is 9.89. The number of rotatable bonds is 3. The van der Waals surface area contributed by atoms with E-state index in [0.29, 0.717) is 18.6 Å². The molecule has 0 bridgehead atoms. The molecule has 1 heterocycles. The van der Waals surface area contributed by atoms with E-state index in [1.54, 1.807) is 18.2 Å². The number of benzene rings is 1. The number of piperazine rings is 1. The van der Waals surface area contributed by atoms with Crippen LogP contribution in [0.2, 0.25) is 0 Å². The largest absolute Gasteiger partial charge is 0.450 e. The predicted molar refractivity (Wildman–Crippen MR) is 70.3 cm³/mol. The SMILES string of the molecule is CN1CCN(S(=O)(=O)c2cccc([B]O)c2)CC1. The Morgan fingerprint density at radius 2 is 1.89 bits per heavy atom. The van der Waals surface area contributed by atoms with Gasteiger partial charge in [-0.25, -0.2) is 8.42 Å². The summed E-state index contributed by atoms with van der Waals surface area (Å²) in [5.41, 5.74) is 0.491. The van der Waals surface area contributed by atoms with Crippen LogP contribution in [0.1, 0.15) is 0 Å². The summed E-state index contributed by atoms with van der Waals surface area (Å²) >= 11 is 0. The first kappa shape index (κ1) is 13.5. The first-order valence-electron chi connectivity index (χ1n) is 5.80. The monoisotopic (exact) mass is 267 g/mol. The molecule has 1 radical (unpaired) electrons. The van der Waals surface area contributed by atoms with E-state index in [4.69, 9.17) is 5.02 Å². The van der Waals surface area contributed by atoms with Crippen LogP contribution in [0, 0.1) is 0 Å². The van der Waals surface area contributed by atoms with Crippen molar-refractivity contribution in [3.63, 3.8) is 0 Å². The molecule has 0 unspecified atom stereocenters. The average molecular weight is 267 g/mol. The Hall–Kier alpha value is -0.885. The fourth-order valence-electron chi connectivity index (χ4n) is 1.93. The molecule has 1 aromatic rings. The van der Waals surface area contributed by atoms with E-state index in [1.807, 2.05) is 7.05 Å². The minimum absolute atomic E-state index is 0.231. The zero-order chi connectivity index (χ0) is 13.2. The fourth-order valence-corrected chi connectivity index (χ4v) is 3.41. The Kier molecular flexibility index (Phi) is 4.06. The summed E-state index contributed by atoms with van der Waals surface area (Å²) in [6, 6.07) is 6.32. The maximum absolute atomic E-state index is 12.4. The third kappa shape index (κ3) is 2.75. The van der Waals surface area contributed by atoms with Crippen molar-refractivity contribution in [3.8, 4) is 0 Å². The van der Waals surface area contributed by atoms with Crippen molar-refractivity contribution in [2.24, 2.45) is 0 Å². The summed E-state index contributed by atoms with van der Waals surface area (Å²) < 4.78 is 26.2. The number of nitrogens with zero attached hydrogens (tertiary/aromatic N) is 2. The number of likely N-dealkylation sites (N-methyl/N-ethyl adjacent to an activating group) is 1. The molecule has 1 aliphatic rings. The molecule has 97 valence electrons. The van der Waals surface area contributed by atoms with E-state index in [2.05, 4.69) is 4.90 Å². The second kappa shape index (κ2) is 5.40. The molecule has 1 saturated heterocycles. The molecule has 5 nitrogen and oxygen atoms in total. The van der Waals surface area contributed by atoms with Crippen LogP contribution in [0.5, 0.6) is 0 Å². The molecular weight excluding hydrogens is 251 g/mol. The molecule has 1 aliphatic heterocycles. The van der Waals surface area contributed by atoms with E-state index in [-0.39, 0.29) is 4.90 Å². The lowest BCUT2D eigenvalue weighted by Gasteiger charge is -2.31. The van der Waals surface area contributed by atoms with E-state index >= 15 is 0 Å². The lowest BCUT2D eigenvalue weighted by molar-refractivity contribution is 0.222. The van der Waals surface area contributed by atoms with Crippen molar-refractivity contribution in [1.29, 1.82) is 0 Å². The molecule has 1 aromatic carbocycles. The molecule has 2 rings (SSSR count). The van der Waals surface area contributed by atoms with Gasteiger partial charge in [-0.1, -0.05) is 17.6 Å². The number of sulfonamides is 1. The Bertz CT molecular complexity index is 513. The van der Waals surface area contributed by atoms with Gasteiger partial charge >= 0.3 is 7.48 Å². The number of hydrogen-bond acceptors (Lipinski definition) is 4. The fraction of sp³-hybridized carbons (Fsp3) is 0.455. The van der Waals surface area contributed by atoms with Gasteiger partial charge in [-0.2, -0.15) is 4.31 Å². The Balaban J connectivity index is 2.24. The summed E-state index contributed by atoms with van der Waals surface area (Å²) in [6.07, 6.45) is 0. The highest BCUT2D eigenvalue weighted by molar-refractivity contribution is 7.89. The molecule has 1 fully saturated rings. The predicted octanol–water partition coefficient (Wildman–Crippen LogP) is -1.14. The topological polar surface area (TPSA) is 60.9 Å². The second-order valence-corrected chi connectivity index (χ2v) is 6.35. The zero-order valence-corrected chi connectivity index (χ0v) is 11.1. The maximum atomic E-state index is 12.4. The van der Waals surface area contributed by atoms with Gasteiger partial charge in [0.25, 0.3) is 0 Å². The van der Waals surface area contributed by atoms with Gasteiger partial charge in [-0.05, 0) is 19.2 Å². The Morgan fingerprint density at radius 3 is 2.50 bits per heavy atom. The first-order valence-corrected chi connectivity index (χ1v) is 7.24. The Morgan fingerprint density at radius 1 is 1.22 bits per heavy atom. The molecule has 0 aliphatic carbocycles. The van der Waals surface area contributed by atoms with Gasteiger partial charge in [-0.3, -0.25) is 0 Å². The smallest absolute Gasteiger partial charge is 0.326 e. The molecule has 0 atom stereocenters. The summed E-state index contributed by atoms with van der Waals surface area (Å²) in [6.45, 7) is 2.49. The van der Waals surface area contributed by atoms with Crippen LogP contribution in [0.25, 0.3) is 0 Å². The van der Waals surface area contributed by atoms with Crippen molar-refractivity contribution in [3.05, 3.63) is 24.3 Å². The molecule has 18 heavy (non-hydrogen) atoms. The van der Waals surface area contributed by atoms with Crippen molar-refractivity contribution >= 4 is 23.0 Å². The van der Waals surface area contributed by atoms with Crippen LogP contribution in [0.3, 0.4) is 0 Å². The minimum atomic E-state index is -3.44. The van der Waals surface area contributed by atoms with Crippen LogP contribution in [0.4, 0.5) is 0 Å². The van der Waals surface area contributed by atoms with Crippen LogP contribution in [-0.2, 0) is 10.0 Å². The summed E-state index contributed by atoms with van der Waals surface area (Å²) in [7, 11) is -0.559. The van der Waals surface area contributed by atoms with Gasteiger partial charge < -0.3 is 9.92 Å². The molecule has 0 spiro atoms. The van der Waals surface area contributed by atoms with Gasteiger partial charge in [-0.15, -0.1) is 0 Å². The number of hydrogen-bond donors (Lipinski definition) is 1. The van der Waals surface area contributed by atoms with Crippen molar-refractivity contribution in [2.75, 3.05) is 33.2 Å². The van der Waals surface area contributed by atoms with E-state index in [0.717, 1.165) is 20.6 Å². The molecule has 1 N–H and O–H groups in total. The van der Waals surface area contributed by atoms with Crippen LogP contribution < -0.4 is 5.46 Å². The highest BCUT2D eigenvalue weighted by atomic mass is 32.2. The van der Waals surface area contributed by atoms with E-state index in [1.165, 1.54) is 10.4 Å². The van der Waals surface area contributed by atoms with Gasteiger partial charge in [0.1, 0.15) is 0 Å². The van der Waals surface area contributed by atoms with Crippen LogP contribution in [0.15, 0.2) is 29.2 Å². The lowest BCUT2D eigenvalue weighted by Crippen LogP contribution is -2.47. The molecule has 7 heteroatoms. The van der Waals surface area contributed by atoms with E-state index < -0.39 is 10.0 Å². The Labute approximate surface area is 108 Å². The van der Waals surface area contributed by atoms with Gasteiger partial charge in [0, 0.05) is 26.2 Å². The van der Waals surface area contributed by atoms with E-state index in [9.17, 15) is 8.42 Å². The normalized spacial score (nSPS) is 18.8. The highest BCUT2D eigenvalue weighted by Crippen LogP contribution is 2.15. The molecule has 0 saturated carbocycles. The van der Waals surface area contributed by atoms with Crippen molar-refractivity contribution in [1.82, 2.24) is 9.21 Å². The van der Waals surface area contributed by atoms with Gasteiger partial charge in [0.15, 0.2) is 0 Å². The molecule has 0 amide bonds. The highest BCUT2D eigenvalue weighted by Gasteiger charge is 2.27.